The van der Waals surface area contributed by atoms with Gasteiger partial charge >= 0.3 is 0 Å². The van der Waals surface area contributed by atoms with Crippen molar-refractivity contribution in [3.63, 3.8) is 0 Å². The topological polar surface area (TPSA) is 80.3 Å². The second-order valence-electron chi connectivity index (χ2n) is 4.63. The van der Waals surface area contributed by atoms with Gasteiger partial charge in [0.25, 0.3) is 15.0 Å². The van der Waals surface area contributed by atoms with Gasteiger partial charge in [-0.1, -0.05) is 11.6 Å². The van der Waals surface area contributed by atoms with Gasteiger partial charge in [0, 0.05) is 50.1 Å². The van der Waals surface area contributed by atoms with Crippen LogP contribution in [-0.4, -0.2) is 36.6 Å². The second kappa shape index (κ2) is 7.09. The molecule has 21 heavy (non-hydrogen) atoms. The van der Waals surface area contributed by atoms with Crippen molar-refractivity contribution in [2.75, 3.05) is 12.0 Å². The van der Waals surface area contributed by atoms with Crippen molar-refractivity contribution in [3.05, 3.63) is 28.3 Å². The van der Waals surface area contributed by atoms with E-state index in [1.54, 1.807) is 6.92 Å². The lowest BCUT2D eigenvalue weighted by Gasteiger charge is -2.15. The number of carbonyl (C=O) groups is 1. The average molecular weight is 372 g/mol. The SMILES string of the molecule is Cc1c(C(=O)NC(C)CS(C)=O)cc(Cl)cc1S(=O)(=O)Cl. The molecule has 0 aliphatic heterocycles. The lowest BCUT2D eigenvalue weighted by atomic mass is 10.1. The molecule has 1 amide bonds. The Morgan fingerprint density at radius 1 is 1.43 bits per heavy atom. The molecule has 0 saturated carbocycles. The maximum Gasteiger partial charge on any atom is 0.261 e. The van der Waals surface area contributed by atoms with E-state index in [2.05, 4.69) is 5.32 Å². The monoisotopic (exact) mass is 371 g/mol. The van der Waals surface area contributed by atoms with Crippen LogP contribution in [0.4, 0.5) is 0 Å². The second-order valence-corrected chi connectivity index (χ2v) is 9.08. The van der Waals surface area contributed by atoms with Crippen LogP contribution < -0.4 is 5.32 Å². The number of rotatable bonds is 5. The van der Waals surface area contributed by atoms with Crippen molar-refractivity contribution in [2.24, 2.45) is 0 Å². The van der Waals surface area contributed by atoms with Crippen LogP contribution >= 0.6 is 22.3 Å². The van der Waals surface area contributed by atoms with E-state index in [0.29, 0.717) is 5.75 Å². The highest BCUT2D eigenvalue weighted by Gasteiger charge is 2.21. The highest BCUT2D eigenvalue weighted by atomic mass is 35.7. The van der Waals surface area contributed by atoms with Gasteiger partial charge in [0.2, 0.25) is 0 Å². The predicted octanol–water partition coefficient (Wildman–Crippen LogP) is 2.07. The lowest BCUT2D eigenvalue weighted by molar-refractivity contribution is 0.0943. The van der Waals surface area contributed by atoms with E-state index < -0.39 is 25.8 Å². The van der Waals surface area contributed by atoms with Gasteiger partial charge in [-0.05, 0) is 31.5 Å². The van der Waals surface area contributed by atoms with E-state index in [-0.39, 0.29) is 27.1 Å². The summed E-state index contributed by atoms with van der Waals surface area (Å²) in [6.07, 6.45) is 1.53. The van der Waals surface area contributed by atoms with Gasteiger partial charge in [0.05, 0.1) is 4.90 Å². The first-order chi connectivity index (χ1) is 9.52. The molecule has 1 aromatic rings. The van der Waals surface area contributed by atoms with Crippen LogP contribution in [-0.2, 0) is 19.9 Å². The smallest absolute Gasteiger partial charge is 0.261 e. The molecule has 0 aliphatic rings. The molecule has 9 heteroatoms. The number of hydrogen-bond acceptors (Lipinski definition) is 4. The third kappa shape index (κ3) is 5.25. The zero-order valence-electron chi connectivity index (χ0n) is 11.6. The first-order valence-electron chi connectivity index (χ1n) is 5.88. The molecule has 1 N–H and O–H groups in total. The van der Waals surface area contributed by atoms with Gasteiger partial charge in [0.1, 0.15) is 0 Å². The number of nitrogens with one attached hydrogen (secondary N) is 1. The zero-order chi connectivity index (χ0) is 16.4. The van der Waals surface area contributed by atoms with Crippen molar-refractivity contribution in [1.82, 2.24) is 5.32 Å². The summed E-state index contributed by atoms with van der Waals surface area (Å²) in [5.41, 5.74) is 0.340. The molecule has 0 aromatic heterocycles. The number of carbonyl (C=O) groups excluding carboxylic acids is 1. The summed E-state index contributed by atoms with van der Waals surface area (Å²) in [6.45, 7) is 3.18. The molecule has 2 unspecified atom stereocenters. The minimum Gasteiger partial charge on any atom is -0.349 e. The lowest BCUT2D eigenvalue weighted by Crippen LogP contribution is -2.36. The standard InChI is InChI=1S/C12H15Cl2NO4S2/c1-7(6-20(3)17)15-12(16)10-4-9(13)5-11(8(10)2)21(14,18)19/h4-5,7H,6H2,1-3H3,(H,15,16). The Bertz CT molecular complexity index is 689. The first-order valence-corrected chi connectivity index (χ1v) is 10.3. The summed E-state index contributed by atoms with van der Waals surface area (Å²) in [4.78, 5) is 12.0. The van der Waals surface area contributed by atoms with Crippen LogP contribution in [0.15, 0.2) is 17.0 Å². The molecular weight excluding hydrogens is 357 g/mol. The van der Waals surface area contributed by atoms with E-state index in [1.165, 1.54) is 25.3 Å². The van der Waals surface area contributed by atoms with E-state index in [9.17, 15) is 17.4 Å². The van der Waals surface area contributed by atoms with E-state index in [1.807, 2.05) is 0 Å². The molecule has 0 heterocycles. The third-order valence-electron chi connectivity index (χ3n) is 2.69. The van der Waals surface area contributed by atoms with E-state index in [4.69, 9.17) is 22.3 Å². The molecule has 0 fully saturated rings. The maximum absolute atomic E-state index is 12.2. The fourth-order valence-corrected chi connectivity index (χ4v) is 4.13. The summed E-state index contributed by atoms with van der Waals surface area (Å²) >= 11 is 5.84. The van der Waals surface area contributed by atoms with Crippen LogP contribution in [0.5, 0.6) is 0 Å². The largest absolute Gasteiger partial charge is 0.349 e. The van der Waals surface area contributed by atoms with Crippen molar-refractivity contribution in [1.29, 1.82) is 0 Å². The van der Waals surface area contributed by atoms with Crippen molar-refractivity contribution in [3.8, 4) is 0 Å². The van der Waals surface area contributed by atoms with Crippen molar-refractivity contribution < 1.29 is 17.4 Å². The molecule has 118 valence electrons. The Labute approximate surface area is 135 Å². The number of halogens is 2. The van der Waals surface area contributed by atoms with Gasteiger partial charge in [-0.3, -0.25) is 9.00 Å². The molecule has 2 atom stereocenters. The Balaban J connectivity index is 3.17. The molecular formula is C12H15Cl2NO4S2. The van der Waals surface area contributed by atoms with Gasteiger partial charge in [-0.25, -0.2) is 8.42 Å². The number of amides is 1. The molecule has 0 radical (unpaired) electrons. The minimum atomic E-state index is -4.00. The van der Waals surface area contributed by atoms with Crippen LogP contribution in [0.1, 0.15) is 22.8 Å². The fraction of sp³-hybridized carbons (Fsp3) is 0.417. The molecule has 0 spiro atoms. The molecule has 0 aliphatic carbocycles. The van der Waals surface area contributed by atoms with Crippen LogP contribution in [0.3, 0.4) is 0 Å². The Kier molecular flexibility index (Phi) is 6.22. The quantitative estimate of drug-likeness (QED) is 0.803. The van der Waals surface area contributed by atoms with Gasteiger partial charge in [-0.2, -0.15) is 0 Å². The van der Waals surface area contributed by atoms with E-state index >= 15 is 0 Å². The van der Waals surface area contributed by atoms with Crippen LogP contribution in [0.2, 0.25) is 5.02 Å². The van der Waals surface area contributed by atoms with Crippen molar-refractivity contribution in [2.45, 2.75) is 24.8 Å². The number of benzene rings is 1. The molecule has 0 bridgehead atoms. The summed E-state index contributed by atoms with van der Waals surface area (Å²) in [7, 11) is 0.274. The molecule has 1 rings (SSSR count). The molecule has 1 aromatic carbocycles. The maximum atomic E-state index is 12.2. The van der Waals surface area contributed by atoms with Gasteiger partial charge in [0.15, 0.2) is 0 Å². The highest BCUT2D eigenvalue weighted by molar-refractivity contribution is 8.13. The summed E-state index contributed by atoms with van der Waals surface area (Å²) in [5.74, 6) is -0.194. The minimum absolute atomic E-state index is 0.0942. The Morgan fingerprint density at radius 3 is 2.48 bits per heavy atom. The summed E-state index contributed by atoms with van der Waals surface area (Å²) in [6, 6.07) is 2.24. The van der Waals surface area contributed by atoms with E-state index in [0.717, 1.165) is 0 Å². The van der Waals surface area contributed by atoms with Crippen LogP contribution in [0, 0.1) is 6.92 Å². The van der Waals surface area contributed by atoms with Gasteiger partial charge in [-0.15, -0.1) is 0 Å². The molecule has 0 saturated heterocycles. The Hall–Kier alpha value is -0.630. The normalized spacial score (nSPS) is 14.5. The highest BCUT2D eigenvalue weighted by Crippen LogP contribution is 2.27. The van der Waals surface area contributed by atoms with Crippen molar-refractivity contribution >= 4 is 48.0 Å². The average Bonchev–Trinajstić information content (AvgIpc) is 2.28. The number of hydrogen-bond donors (Lipinski definition) is 1. The first kappa shape index (κ1) is 18.4. The predicted molar refractivity (Wildman–Crippen MR) is 85.1 cm³/mol. The third-order valence-corrected chi connectivity index (χ3v) is 5.33. The zero-order valence-corrected chi connectivity index (χ0v) is 14.8. The summed E-state index contributed by atoms with van der Waals surface area (Å²) < 4.78 is 34.1. The Morgan fingerprint density at radius 2 is 2.00 bits per heavy atom. The fourth-order valence-electron chi connectivity index (χ4n) is 1.84. The summed E-state index contributed by atoms with van der Waals surface area (Å²) in [5, 5.41) is 2.74. The molecule has 5 nitrogen and oxygen atoms in total. The van der Waals surface area contributed by atoms with Crippen LogP contribution in [0.25, 0.3) is 0 Å². The van der Waals surface area contributed by atoms with Gasteiger partial charge < -0.3 is 5.32 Å².